The third-order valence-corrected chi connectivity index (χ3v) is 4.88. The number of carbonyl (C=O) groups excluding carboxylic acids is 1. The largest absolute Gasteiger partial charge is 0.330 e. The minimum atomic E-state index is -0.146. The fourth-order valence-corrected chi connectivity index (χ4v) is 3.44. The van der Waals surface area contributed by atoms with Crippen LogP contribution in [0.25, 0.3) is 0 Å². The monoisotopic (exact) mass is 278 g/mol. The lowest BCUT2D eigenvalue weighted by molar-refractivity contribution is -0.119. The van der Waals surface area contributed by atoms with Gasteiger partial charge in [-0.25, -0.2) is 0 Å². The smallest absolute Gasteiger partial charge is 0.228 e. The van der Waals surface area contributed by atoms with Gasteiger partial charge in [0.15, 0.2) is 0 Å². The van der Waals surface area contributed by atoms with Crippen LogP contribution in [-0.4, -0.2) is 17.7 Å². The van der Waals surface area contributed by atoms with E-state index in [-0.39, 0.29) is 11.8 Å². The number of thioether (sulfide) groups is 1. The summed E-state index contributed by atoms with van der Waals surface area (Å²) in [6.45, 7) is 2.21. The molecule has 104 valence electrons. The van der Waals surface area contributed by atoms with E-state index in [0.29, 0.717) is 6.54 Å². The summed E-state index contributed by atoms with van der Waals surface area (Å²) in [5.41, 5.74) is 6.33. The van der Waals surface area contributed by atoms with Gasteiger partial charge in [-0.1, -0.05) is 19.8 Å². The first kappa shape index (κ1) is 14.4. The zero-order valence-corrected chi connectivity index (χ0v) is 12.2. The minimum Gasteiger partial charge on any atom is -0.330 e. The molecule has 3 nitrogen and oxygen atoms in total. The van der Waals surface area contributed by atoms with Crippen LogP contribution in [0.15, 0.2) is 29.2 Å². The summed E-state index contributed by atoms with van der Waals surface area (Å²) >= 11 is 1.96. The fraction of sp³-hybridized carbons (Fsp3) is 0.533. The maximum Gasteiger partial charge on any atom is 0.228 e. The van der Waals surface area contributed by atoms with Crippen LogP contribution < -0.4 is 11.1 Å². The Labute approximate surface area is 119 Å². The van der Waals surface area contributed by atoms with Crippen molar-refractivity contribution in [3.8, 4) is 0 Å². The van der Waals surface area contributed by atoms with Gasteiger partial charge in [-0.2, -0.15) is 0 Å². The number of hydrogen-bond donors (Lipinski definition) is 2. The normalized spacial score (nSPS) is 17.4. The first-order valence-electron chi connectivity index (χ1n) is 6.96. The van der Waals surface area contributed by atoms with E-state index in [0.717, 1.165) is 10.9 Å². The number of benzene rings is 1. The highest BCUT2D eigenvalue weighted by Crippen LogP contribution is 2.34. The second-order valence-corrected chi connectivity index (χ2v) is 6.55. The molecule has 1 unspecified atom stereocenters. The van der Waals surface area contributed by atoms with Gasteiger partial charge in [0.1, 0.15) is 0 Å². The summed E-state index contributed by atoms with van der Waals surface area (Å²) in [4.78, 5) is 13.0. The molecule has 19 heavy (non-hydrogen) atoms. The van der Waals surface area contributed by atoms with E-state index in [1.807, 2.05) is 30.8 Å². The maximum atomic E-state index is 11.7. The third kappa shape index (κ3) is 4.25. The van der Waals surface area contributed by atoms with Crippen molar-refractivity contribution in [1.82, 2.24) is 0 Å². The maximum absolute atomic E-state index is 11.7. The Morgan fingerprint density at radius 1 is 1.37 bits per heavy atom. The summed E-state index contributed by atoms with van der Waals surface area (Å²) in [7, 11) is 0. The highest BCUT2D eigenvalue weighted by atomic mass is 32.2. The van der Waals surface area contributed by atoms with Gasteiger partial charge in [0.2, 0.25) is 5.91 Å². The summed E-state index contributed by atoms with van der Waals surface area (Å²) in [6, 6.07) is 8.12. The Morgan fingerprint density at radius 3 is 2.58 bits per heavy atom. The second kappa shape index (κ2) is 6.96. The number of nitrogens with one attached hydrogen (secondary N) is 1. The van der Waals surface area contributed by atoms with Crippen molar-refractivity contribution < 1.29 is 4.79 Å². The first-order chi connectivity index (χ1) is 9.19. The second-order valence-electron chi connectivity index (χ2n) is 5.17. The molecule has 1 saturated carbocycles. The summed E-state index contributed by atoms with van der Waals surface area (Å²) < 4.78 is 0. The lowest BCUT2D eigenvalue weighted by atomic mass is 10.1. The Hall–Kier alpha value is -1.00. The molecule has 3 N–H and O–H groups in total. The van der Waals surface area contributed by atoms with Crippen LogP contribution in [0.2, 0.25) is 0 Å². The Kier molecular flexibility index (Phi) is 5.28. The molecule has 4 heteroatoms. The van der Waals surface area contributed by atoms with Crippen molar-refractivity contribution in [2.45, 2.75) is 42.8 Å². The van der Waals surface area contributed by atoms with E-state index in [1.54, 1.807) is 0 Å². The number of amides is 1. The number of nitrogens with two attached hydrogens (primary N) is 1. The van der Waals surface area contributed by atoms with Crippen LogP contribution in [0.3, 0.4) is 0 Å². The molecule has 1 aliphatic rings. The highest BCUT2D eigenvalue weighted by molar-refractivity contribution is 8.00. The molecule has 0 radical (unpaired) electrons. The van der Waals surface area contributed by atoms with Crippen LogP contribution in [0.1, 0.15) is 32.6 Å². The Morgan fingerprint density at radius 2 is 2.00 bits per heavy atom. The van der Waals surface area contributed by atoms with Crippen LogP contribution in [0, 0.1) is 5.92 Å². The molecule has 0 aliphatic heterocycles. The minimum absolute atomic E-state index is 0.0151. The Bertz CT molecular complexity index is 413. The van der Waals surface area contributed by atoms with Crippen molar-refractivity contribution in [2.24, 2.45) is 11.7 Å². The van der Waals surface area contributed by atoms with E-state index in [2.05, 4.69) is 17.4 Å². The van der Waals surface area contributed by atoms with Crippen LogP contribution in [0.5, 0.6) is 0 Å². The van der Waals surface area contributed by atoms with Gasteiger partial charge in [-0.05, 0) is 37.1 Å². The van der Waals surface area contributed by atoms with Gasteiger partial charge in [0, 0.05) is 28.3 Å². The van der Waals surface area contributed by atoms with Gasteiger partial charge in [-0.15, -0.1) is 11.8 Å². The fourth-order valence-electron chi connectivity index (χ4n) is 2.19. The average molecular weight is 278 g/mol. The molecule has 1 fully saturated rings. The molecular weight excluding hydrogens is 256 g/mol. The van der Waals surface area contributed by atoms with E-state index in [1.165, 1.54) is 30.6 Å². The van der Waals surface area contributed by atoms with Gasteiger partial charge >= 0.3 is 0 Å². The predicted octanol–water partition coefficient (Wildman–Crippen LogP) is 3.25. The molecule has 0 saturated heterocycles. The first-order valence-corrected chi connectivity index (χ1v) is 7.84. The summed E-state index contributed by atoms with van der Waals surface area (Å²) in [5.74, 6) is -0.161. The molecule has 1 aromatic rings. The van der Waals surface area contributed by atoms with Gasteiger partial charge < -0.3 is 11.1 Å². The van der Waals surface area contributed by atoms with Crippen molar-refractivity contribution in [2.75, 3.05) is 11.9 Å². The lowest BCUT2D eigenvalue weighted by Crippen LogP contribution is -2.26. The van der Waals surface area contributed by atoms with Gasteiger partial charge in [0.25, 0.3) is 0 Å². The van der Waals surface area contributed by atoms with Crippen molar-refractivity contribution >= 4 is 23.4 Å². The van der Waals surface area contributed by atoms with Crippen molar-refractivity contribution in [3.05, 3.63) is 24.3 Å². The molecule has 0 aromatic heterocycles. The van der Waals surface area contributed by atoms with Crippen molar-refractivity contribution in [1.29, 1.82) is 0 Å². The lowest BCUT2D eigenvalue weighted by Gasteiger charge is -2.11. The standard InChI is InChI=1S/C15H22N2OS/c1-11(10-16)15(18)17-12-6-8-14(9-7-12)19-13-4-2-3-5-13/h6-9,11,13H,2-5,10,16H2,1H3,(H,17,18). The number of hydrogen-bond acceptors (Lipinski definition) is 3. The van der Waals surface area contributed by atoms with E-state index < -0.39 is 0 Å². The summed E-state index contributed by atoms with van der Waals surface area (Å²) in [5, 5.41) is 3.66. The molecule has 1 atom stereocenters. The van der Waals surface area contributed by atoms with Gasteiger partial charge in [-0.3, -0.25) is 4.79 Å². The Balaban J connectivity index is 1.88. The zero-order chi connectivity index (χ0) is 13.7. The molecule has 0 bridgehead atoms. The van der Waals surface area contributed by atoms with Crippen LogP contribution >= 0.6 is 11.8 Å². The van der Waals surface area contributed by atoms with Gasteiger partial charge in [0.05, 0.1) is 0 Å². The SMILES string of the molecule is CC(CN)C(=O)Nc1ccc(SC2CCCC2)cc1. The zero-order valence-electron chi connectivity index (χ0n) is 11.4. The molecular formula is C15H22N2OS. The topological polar surface area (TPSA) is 55.1 Å². The molecule has 0 heterocycles. The van der Waals surface area contributed by atoms with Crippen LogP contribution in [0.4, 0.5) is 5.69 Å². The predicted molar refractivity (Wildman–Crippen MR) is 81.4 cm³/mol. The highest BCUT2D eigenvalue weighted by Gasteiger charge is 2.16. The number of carbonyl (C=O) groups is 1. The average Bonchev–Trinajstić information content (AvgIpc) is 2.93. The quantitative estimate of drug-likeness (QED) is 0.869. The van der Waals surface area contributed by atoms with E-state index in [9.17, 15) is 4.79 Å². The third-order valence-electron chi connectivity index (χ3n) is 3.53. The number of anilines is 1. The van der Waals surface area contributed by atoms with Crippen LogP contribution in [-0.2, 0) is 4.79 Å². The molecule has 1 aromatic carbocycles. The molecule has 1 aliphatic carbocycles. The molecule has 1 amide bonds. The number of rotatable bonds is 5. The summed E-state index contributed by atoms with van der Waals surface area (Å²) in [6.07, 6.45) is 5.39. The van der Waals surface area contributed by atoms with E-state index >= 15 is 0 Å². The molecule has 2 rings (SSSR count). The van der Waals surface area contributed by atoms with E-state index in [4.69, 9.17) is 5.73 Å². The molecule has 0 spiro atoms. The van der Waals surface area contributed by atoms with Crippen molar-refractivity contribution in [3.63, 3.8) is 0 Å².